The van der Waals surface area contributed by atoms with E-state index < -0.39 is 23.1 Å². The van der Waals surface area contributed by atoms with Crippen molar-refractivity contribution in [2.24, 2.45) is 0 Å². The lowest BCUT2D eigenvalue weighted by Crippen LogP contribution is -2.36. The zero-order chi connectivity index (χ0) is 15.0. The van der Waals surface area contributed by atoms with Gasteiger partial charge in [-0.2, -0.15) is 0 Å². The van der Waals surface area contributed by atoms with Crippen molar-refractivity contribution in [3.8, 4) is 0 Å². The summed E-state index contributed by atoms with van der Waals surface area (Å²) in [5.41, 5.74) is -0.758. The van der Waals surface area contributed by atoms with Crippen LogP contribution in [0.3, 0.4) is 0 Å². The molecule has 1 atom stereocenters. The number of rotatable bonds is 3. The number of benzene rings is 2. The van der Waals surface area contributed by atoms with Crippen molar-refractivity contribution < 1.29 is 19.1 Å². The first-order chi connectivity index (χ1) is 10.0. The maximum Gasteiger partial charge on any atom is 0.261 e. The molecular formula is C16H12FNO3. The molecule has 4 nitrogen and oxygen atoms in total. The van der Waals surface area contributed by atoms with Crippen molar-refractivity contribution in [2.75, 3.05) is 5.32 Å². The quantitative estimate of drug-likeness (QED) is 0.850. The molecule has 3 rings (SSSR count). The average Bonchev–Trinajstić information content (AvgIpc) is 2.71. The van der Waals surface area contributed by atoms with Gasteiger partial charge in [0.2, 0.25) is 0 Å². The second-order valence-electron chi connectivity index (χ2n) is 4.97. The molecule has 2 N–H and O–H groups in total. The molecule has 2 aromatic rings. The molecule has 0 radical (unpaired) electrons. The molecule has 1 heterocycles. The first kappa shape index (κ1) is 13.5. The second-order valence-corrected chi connectivity index (χ2v) is 4.97. The molecule has 21 heavy (non-hydrogen) atoms. The summed E-state index contributed by atoms with van der Waals surface area (Å²) in [6.07, 6.45) is -0.387. The summed E-state index contributed by atoms with van der Waals surface area (Å²) >= 11 is 0. The van der Waals surface area contributed by atoms with Crippen LogP contribution in [0, 0.1) is 5.82 Å². The lowest BCUT2D eigenvalue weighted by Gasteiger charge is -2.19. The van der Waals surface area contributed by atoms with E-state index in [1.807, 2.05) is 0 Å². The molecule has 0 saturated heterocycles. The summed E-state index contributed by atoms with van der Waals surface area (Å²) < 4.78 is 12.9. The summed E-state index contributed by atoms with van der Waals surface area (Å²) in [5.74, 6) is -1.50. The highest BCUT2D eigenvalue weighted by Crippen LogP contribution is 2.38. The van der Waals surface area contributed by atoms with Crippen LogP contribution in [0.15, 0.2) is 48.5 Å². The van der Waals surface area contributed by atoms with E-state index in [0.717, 1.165) is 0 Å². The van der Waals surface area contributed by atoms with Crippen molar-refractivity contribution in [1.29, 1.82) is 0 Å². The van der Waals surface area contributed by atoms with Crippen LogP contribution in [-0.4, -0.2) is 16.8 Å². The second kappa shape index (κ2) is 4.79. The predicted octanol–water partition coefficient (Wildman–Crippen LogP) is 2.24. The first-order valence-corrected chi connectivity index (χ1v) is 6.43. The van der Waals surface area contributed by atoms with E-state index >= 15 is 0 Å². The minimum atomic E-state index is -1.89. The number of ketones is 1. The molecule has 0 fully saturated rings. The van der Waals surface area contributed by atoms with E-state index in [-0.39, 0.29) is 12.0 Å². The van der Waals surface area contributed by atoms with Gasteiger partial charge in [0.05, 0.1) is 6.42 Å². The lowest BCUT2D eigenvalue weighted by molar-refractivity contribution is -0.133. The molecule has 1 unspecified atom stereocenters. The van der Waals surface area contributed by atoms with Crippen LogP contribution in [0.4, 0.5) is 10.1 Å². The fraction of sp³-hybridized carbons (Fsp3) is 0.125. The van der Waals surface area contributed by atoms with Crippen LogP contribution in [-0.2, 0) is 10.4 Å². The Morgan fingerprint density at radius 1 is 1.14 bits per heavy atom. The Morgan fingerprint density at radius 3 is 2.52 bits per heavy atom. The Balaban J connectivity index is 1.92. The number of hydrogen-bond donors (Lipinski definition) is 2. The fourth-order valence-electron chi connectivity index (χ4n) is 2.45. The molecule has 0 spiro atoms. The van der Waals surface area contributed by atoms with E-state index in [0.29, 0.717) is 11.3 Å². The number of para-hydroxylation sites is 1. The normalized spacial score (nSPS) is 20.0. The number of Topliss-reactive ketones (excluding diaryl/α,β-unsaturated/α-hetero) is 1. The molecule has 0 aromatic heterocycles. The molecule has 1 aliphatic rings. The molecule has 0 aliphatic carbocycles. The minimum Gasteiger partial charge on any atom is -0.375 e. The monoisotopic (exact) mass is 285 g/mol. The van der Waals surface area contributed by atoms with Crippen LogP contribution >= 0.6 is 0 Å². The van der Waals surface area contributed by atoms with E-state index in [4.69, 9.17) is 0 Å². The van der Waals surface area contributed by atoms with Crippen molar-refractivity contribution in [2.45, 2.75) is 12.0 Å². The Bertz CT molecular complexity index is 727. The number of carbonyl (C=O) groups is 2. The fourth-order valence-corrected chi connectivity index (χ4v) is 2.45. The minimum absolute atomic E-state index is 0.252. The molecule has 1 aliphatic heterocycles. The Labute approximate surface area is 120 Å². The largest absolute Gasteiger partial charge is 0.375 e. The number of fused-ring (bicyclic) bond motifs is 1. The highest BCUT2D eigenvalue weighted by atomic mass is 19.1. The number of anilines is 1. The highest BCUT2D eigenvalue weighted by Gasteiger charge is 2.46. The Kier molecular flexibility index (Phi) is 3.07. The number of carbonyl (C=O) groups excluding carboxylic acids is 2. The van der Waals surface area contributed by atoms with Crippen LogP contribution in [0.25, 0.3) is 0 Å². The SMILES string of the molecule is O=C(CC1(O)C(=O)Nc2ccccc21)c1ccc(F)cc1. The third-order valence-corrected chi connectivity index (χ3v) is 3.58. The molecule has 0 saturated carbocycles. The molecule has 0 bridgehead atoms. The van der Waals surface area contributed by atoms with Gasteiger partial charge in [-0.15, -0.1) is 0 Å². The number of aliphatic hydroxyl groups is 1. The number of amides is 1. The zero-order valence-corrected chi connectivity index (χ0v) is 11.0. The summed E-state index contributed by atoms with van der Waals surface area (Å²) in [6.45, 7) is 0. The third-order valence-electron chi connectivity index (χ3n) is 3.58. The van der Waals surface area contributed by atoms with Gasteiger partial charge in [0.15, 0.2) is 11.4 Å². The van der Waals surface area contributed by atoms with Crippen LogP contribution in [0.2, 0.25) is 0 Å². The highest BCUT2D eigenvalue weighted by molar-refractivity contribution is 6.09. The molecule has 5 heteroatoms. The van der Waals surface area contributed by atoms with Gasteiger partial charge in [0.1, 0.15) is 5.82 Å². The van der Waals surface area contributed by atoms with E-state index in [9.17, 15) is 19.1 Å². The van der Waals surface area contributed by atoms with Gasteiger partial charge in [-0.05, 0) is 30.3 Å². The summed E-state index contributed by atoms with van der Waals surface area (Å²) in [7, 11) is 0. The Hall–Kier alpha value is -2.53. The molecule has 1 amide bonds. The topological polar surface area (TPSA) is 66.4 Å². The van der Waals surface area contributed by atoms with E-state index in [2.05, 4.69) is 5.32 Å². The lowest BCUT2D eigenvalue weighted by atomic mass is 9.88. The van der Waals surface area contributed by atoms with Crippen LogP contribution in [0.1, 0.15) is 22.3 Å². The average molecular weight is 285 g/mol. The maximum atomic E-state index is 12.9. The van der Waals surface area contributed by atoms with Crippen molar-refractivity contribution in [1.82, 2.24) is 0 Å². The number of nitrogens with one attached hydrogen (secondary N) is 1. The third kappa shape index (κ3) is 2.21. The number of halogens is 1. The first-order valence-electron chi connectivity index (χ1n) is 6.43. The van der Waals surface area contributed by atoms with Gasteiger partial charge in [0, 0.05) is 16.8 Å². The summed E-state index contributed by atoms with van der Waals surface area (Å²) in [6, 6.07) is 11.7. The van der Waals surface area contributed by atoms with Crippen LogP contribution in [0.5, 0.6) is 0 Å². The molecular weight excluding hydrogens is 273 g/mol. The van der Waals surface area contributed by atoms with Crippen molar-refractivity contribution in [3.63, 3.8) is 0 Å². The standard InChI is InChI=1S/C16H12FNO3/c17-11-7-5-10(6-8-11)14(19)9-16(21)12-3-1-2-4-13(12)18-15(16)20/h1-8,21H,9H2,(H,18,20). The van der Waals surface area contributed by atoms with Crippen LogP contribution < -0.4 is 5.32 Å². The maximum absolute atomic E-state index is 12.9. The van der Waals surface area contributed by atoms with Gasteiger partial charge in [-0.3, -0.25) is 9.59 Å². The van der Waals surface area contributed by atoms with Gasteiger partial charge in [0.25, 0.3) is 5.91 Å². The Morgan fingerprint density at radius 2 is 1.81 bits per heavy atom. The van der Waals surface area contributed by atoms with Crippen molar-refractivity contribution >= 4 is 17.4 Å². The zero-order valence-electron chi connectivity index (χ0n) is 11.0. The predicted molar refractivity (Wildman–Crippen MR) is 74.3 cm³/mol. The van der Waals surface area contributed by atoms with Gasteiger partial charge in [-0.25, -0.2) is 4.39 Å². The van der Waals surface area contributed by atoms with Gasteiger partial charge < -0.3 is 10.4 Å². The number of hydrogen-bond acceptors (Lipinski definition) is 3. The van der Waals surface area contributed by atoms with Crippen molar-refractivity contribution in [3.05, 3.63) is 65.5 Å². The van der Waals surface area contributed by atoms with E-state index in [1.54, 1.807) is 24.3 Å². The van der Waals surface area contributed by atoms with Gasteiger partial charge >= 0.3 is 0 Å². The summed E-state index contributed by atoms with van der Waals surface area (Å²) in [4.78, 5) is 24.2. The molecule has 106 valence electrons. The smallest absolute Gasteiger partial charge is 0.261 e. The molecule has 2 aromatic carbocycles. The van der Waals surface area contributed by atoms with E-state index in [1.165, 1.54) is 24.3 Å². The van der Waals surface area contributed by atoms with Gasteiger partial charge in [-0.1, -0.05) is 18.2 Å². The summed E-state index contributed by atoms with van der Waals surface area (Å²) in [5, 5.41) is 13.1.